The molecule has 4 rings (SSSR count). The lowest BCUT2D eigenvalue weighted by Gasteiger charge is -2.12. The van der Waals surface area contributed by atoms with Crippen LogP contribution in [0, 0.1) is 13.8 Å². The third kappa shape index (κ3) is 3.89. The van der Waals surface area contributed by atoms with Crippen LogP contribution in [0.15, 0.2) is 42.5 Å². The van der Waals surface area contributed by atoms with Crippen LogP contribution in [0.4, 0.5) is 5.82 Å². The highest BCUT2D eigenvalue weighted by Gasteiger charge is 2.24. The number of hydrogen-bond acceptors (Lipinski definition) is 7. The minimum atomic E-state index is -0.349. The third-order valence-electron chi connectivity index (χ3n) is 5.33. The van der Waals surface area contributed by atoms with Crippen molar-refractivity contribution < 1.29 is 19.4 Å². The summed E-state index contributed by atoms with van der Waals surface area (Å²) in [6, 6.07) is 13.3. The Balaban J connectivity index is 1.84. The first-order chi connectivity index (χ1) is 15.4. The number of anilines is 1. The molecule has 0 aliphatic rings. The van der Waals surface area contributed by atoms with Crippen molar-refractivity contribution in [2.24, 2.45) is 0 Å². The zero-order chi connectivity index (χ0) is 22.8. The summed E-state index contributed by atoms with van der Waals surface area (Å²) in [6.07, 6.45) is 0. The molecule has 7 nitrogen and oxygen atoms in total. The van der Waals surface area contributed by atoms with Crippen molar-refractivity contribution in [1.82, 2.24) is 9.38 Å². The average molecular weight is 452 g/mol. The van der Waals surface area contributed by atoms with Gasteiger partial charge in [-0.05, 0) is 50.1 Å². The number of nitrogens with one attached hydrogen (secondary N) is 1. The molecule has 0 unspecified atom stereocenters. The van der Waals surface area contributed by atoms with Gasteiger partial charge in [0.25, 0.3) is 0 Å². The predicted octanol–water partition coefficient (Wildman–Crippen LogP) is 5.18. The molecular weight excluding hydrogens is 426 g/mol. The molecule has 2 heterocycles. The second-order valence-corrected chi connectivity index (χ2v) is 8.31. The Hall–Kier alpha value is -3.52. The first-order valence-corrected chi connectivity index (χ1v) is 11.1. The summed E-state index contributed by atoms with van der Waals surface area (Å²) < 4.78 is 12.5. The SMILES string of the molecule is CCOC(=O)c1sc2nc(-c3ccc(O)c(OC)c3)c(NCc3ccccc3C)n2c1C. The van der Waals surface area contributed by atoms with Crippen molar-refractivity contribution in [3.8, 4) is 22.8 Å². The molecule has 0 atom stereocenters. The maximum Gasteiger partial charge on any atom is 0.350 e. The predicted molar refractivity (Wildman–Crippen MR) is 126 cm³/mol. The van der Waals surface area contributed by atoms with E-state index in [1.165, 1.54) is 24.0 Å². The van der Waals surface area contributed by atoms with E-state index in [1.807, 2.05) is 23.5 Å². The standard InChI is InChI=1S/C24H25N3O4S/c1-5-31-23(29)21-15(3)27-22(25-13-17-9-7-6-8-14(17)2)20(26-24(27)32-21)16-10-11-18(28)19(12-16)30-4/h6-12,25,28H,5,13H2,1-4H3. The number of carbonyl (C=O) groups excluding carboxylic acids is 1. The molecule has 0 radical (unpaired) electrons. The monoisotopic (exact) mass is 451 g/mol. The van der Waals surface area contributed by atoms with Crippen molar-refractivity contribution in [2.45, 2.75) is 27.3 Å². The van der Waals surface area contributed by atoms with Crippen LogP contribution in [0.3, 0.4) is 0 Å². The zero-order valence-corrected chi connectivity index (χ0v) is 19.2. The van der Waals surface area contributed by atoms with Crippen LogP contribution in [0.25, 0.3) is 16.2 Å². The molecule has 0 spiro atoms. The van der Waals surface area contributed by atoms with Crippen molar-refractivity contribution in [2.75, 3.05) is 19.0 Å². The fourth-order valence-corrected chi connectivity index (χ4v) is 4.63. The van der Waals surface area contributed by atoms with Crippen LogP contribution in [-0.2, 0) is 11.3 Å². The number of aromatic hydroxyl groups is 1. The van der Waals surface area contributed by atoms with Gasteiger partial charge in [-0.15, -0.1) is 0 Å². The van der Waals surface area contributed by atoms with Gasteiger partial charge in [-0.25, -0.2) is 9.78 Å². The van der Waals surface area contributed by atoms with Crippen LogP contribution in [0.2, 0.25) is 0 Å². The van der Waals surface area contributed by atoms with Gasteiger partial charge in [0.2, 0.25) is 0 Å². The zero-order valence-electron chi connectivity index (χ0n) is 18.4. The number of thiazole rings is 1. The Labute approximate surface area is 190 Å². The van der Waals surface area contributed by atoms with Gasteiger partial charge in [-0.2, -0.15) is 0 Å². The minimum absolute atomic E-state index is 0.0625. The lowest BCUT2D eigenvalue weighted by Crippen LogP contribution is -2.08. The lowest BCUT2D eigenvalue weighted by molar-refractivity contribution is 0.0531. The normalized spacial score (nSPS) is 11.0. The summed E-state index contributed by atoms with van der Waals surface area (Å²) in [5, 5.41) is 13.5. The highest BCUT2D eigenvalue weighted by Crippen LogP contribution is 2.38. The number of phenols is 1. The fraction of sp³-hybridized carbons (Fsp3) is 0.250. The molecule has 2 aromatic heterocycles. The van der Waals surface area contributed by atoms with E-state index in [9.17, 15) is 9.90 Å². The van der Waals surface area contributed by atoms with E-state index in [2.05, 4.69) is 24.4 Å². The molecule has 0 saturated carbocycles. The molecule has 166 valence electrons. The first kappa shape index (κ1) is 21.7. The number of rotatable bonds is 7. The van der Waals surface area contributed by atoms with Gasteiger partial charge >= 0.3 is 5.97 Å². The van der Waals surface area contributed by atoms with Crippen molar-refractivity contribution in [3.63, 3.8) is 0 Å². The second kappa shape index (κ2) is 8.92. The summed E-state index contributed by atoms with van der Waals surface area (Å²) in [5.74, 6) is 0.846. The summed E-state index contributed by atoms with van der Waals surface area (Å²) in [6.45, 7) is 6.65. The maximum atomic E-state index is 12.4. The summed E-state index contributed by atoms with van der Waals surface area (Å²) in [4.78, 5) is 18.5. The first-order valence-electron chi connectivity index (χ1n) is 10.3. The number of nitrogens with zero attached hydrogens (tertiary/aromatic N) is 2. The maximum absolute atomic E-state index is 12.4. The number of ether oxygens (including phenoxy) is 2. The van der Waals surface area contributed by atoms with Gasteiger partial charge in [-0.1, -0.05) is 35.6 Å². The number of benzene rings is 2. The molecular formula is C24H25N3O4S. The van der Waals surface area contributed by atoms with Gasteiger partial charge in [0, 0.05) is 17.8 Å². The Morgan fingerprint density at radius 3 is 2.72 bits per heavy atom. The molecule has 0 bridgehead atoms. The van der Waals surface area contributed by atoms with Crippen molar-refractivity contribution >= 4 is 28.1 Å². The quantitative estimate of drug-likeness (QED) is 0.377. The van der Waals surface area contributed by atoms with E-state index in [0.29, 0.717) is 34.4 Å². The van der Waals surface area contributed by atoms with Crippen molar-refractivity contribution in [3.05, 3.63) is 64.2 Å². The van der Waals surface area contributed by atoms with E-state index in [1.54, 1.807) is 25.1 Å². The number of aromatic nitrogens is 2. The van der Waals surface area contributed by atoms with Gasteiger partial charge in [0.05, 0.1) is 13.7 Å². The van der Waals surface area contributed by atoms with E-state index in [0.717, 1.165) is 22.6 Å². The number of phenolic OH excluding ortho intramolecular Hbond substituents is 1. The Morgan fingerprint density at radius 2 is 2.00 bits per heavy atom. The number of esters is 1. The average Bonchev–Trinajstić information content (AvgIpc) is 3.30. The van der Waals surface area contributed by atoms with E-state index < -0.39 is 0 Å². The van der Waals surface area contributed by atoms with Crippen LogP contribution in [0.5, 0.6) is 11.5 Å². The number of carbonyl (C=O) groups is 1. The number of imidazole rings is 1. The smallest absolute Gasteiger partial charge is 0.350 e. The van der Waals surface area contributed by atoms with Crippen LogP contribution < -0.4 is 10.1 Å². The molecule has 2 aromatic carbocycles. The largest absolute Gasteiger partial charge is 0.504 e. The van der Waals surface area contributed by atoms with E-state index in [4.69, 9.17) is 14.5 Å². The molecule has 8 heteroatoms. The molecule has 0 saturated heterocycles. The van der Waals surface area contributed by atoms with Gasteiger partial charge in [0.1, 0.15) is 16.4 Å². The number of methoxy groups -OCH3 is 1. The molecule has 0 amide bonds. The fourth-order valence-electron chi connectivity index (χ4n) is 3.61. The molecule has 0 fully saturated rings. The van der Waals surface area contributed by atoms with Gasteiger partial charge in [0.15, 0.2) is 16.5 Å². The lowest BCUT2D eigenvalue weighted by atomic mass is 10.1. The topological polar surface area (TPSA) is 85.1 Å². The Bertz CT molecular complexity index is 1290. The number of aryl methyl sites for hydroxylation is 2. The highest BCUT2D eigenvalue weighted by atomic mass is 32.1. The van der Waals surface area contributed by atoms with Gasteiger partial charge < -0.3 is 19.9 Å². The molecule has 32 heavy (non-hydrogen) atoms. The summed E-state index contributed by atoms with van der Waals surface area (Å²) >= 11 is 1.30. The van der Waals surface area contributed by atoms with Crippen LogP contribution >= 0.6 is 11.3 Å². The molecule has 4 aromatic rings. The second-order valence-electron chi connectivity index (χ2n) is 7.33. The highest BCUT2D eigenvalue weighted by molar-refractivity contribution is 7.19. The summed E-state index contributed by atoms with van der Waals surface area (Å²) in [7, 11) is 1.51. The Kier molecular flexibility index (Phi) is 6.05. The molecule has 2 N–H and O–H groups in total. The minimum Gasteiger partial charge on any atom is -0.504 e. The summed E-state index contributed by atoms with van der Waals surface area (Å²) in [5.41, 5.74) is 4.61. The van der Waals surface area contributed by atoms with E-state index >= 15 is 0 Å². The molecule has 0 aliphatic heterocycles. The number of hydrogen-bond donors (Lipinski definition) is 2. The molecule has 0 aliphatic carbocycles. The van der Waals surface area contributed by atoms with Crippen LogP contribution in [-0.4, -0.2) is 34.2 Å². The third-order valence-corrected chi connectivity index (χ3v) is 6.45. The van der Waals surface area contributed by atoms with Crippen LogP contribution in [0.1, 0.15) is 33.4 Å². The van der Waals surface area contributed by atoms with E-state index in [-0.39, 0.29) is 11.7 Å². The Morgan fingerprint density at radius 1 is 1.22 bits per heavy atom. The van der Waals surface area contributed by atoms with Crippen molar-refractivity contribution in [1.29, 1.82) is 0 Å². The number of fused-ring (bicyclic) bond motifs is 1. The van der Waals surface area contributed by atoms with Gasteiger partial charge in [-0.3, -0.25) is 4.40 Å².